The average Bonchev–Trinajstić information content (AvgIpc) is 2.96. The molecule has 110 valence electrons. The molecule has 0 amide bonds. The first-order valence-electron chi connectivity index (χ1n) is 6.90. The highest BCUT2D eigenvalue weighted by molar-refractivity contribution is 7.92. The van der Waals surface area contributed by atoms with Gasteiger partial charge in [-0.15, -0.1) is 0 Å². The quantitative estimate of drug-likeness (QED) is 0.858. The highest BCUT2D eigenvalue weighted by Crippen LogP contribution is 2.34. The zero-order chi connectivity index (χ0) is 14.3. The van der Waals surface area contributed by atoms with Crippen LogP contribution in [0.15, 0.2) is 18.2 Å². The lowest BCUT2D eigenvalue weighted by Crippen LogP contribution is -2.36. The number of fused-ring (bicyclic) bond motifs is 1. The molecule has 0 spiro atoms. The van der Waals surface area contributed by atoms with Crippen LogP contribution >= 0.6 is 0 Å². The molecule has 0 bridgehead atoms. The van der Waals surface area contributed by atoms with Crippen LogP contribution in [0, 0.1) is 5.82 Å². The Kier molecular flexibility index (Phi) is 3.46. The number of anilines is 1. The van der Waals surface area contributed by atoms with Crippen molar-refractivity contribution in [3.05, 3.63) is 29.6 Å². The van der Waals surface area contributed by atoms with E-state index < -0.39 is 15.8 Å². The van der Waals surface area contributed by atoms with Crippen LogP contribution in [0.1, 0.15) is 25.3 Å². The summed E-state index contributed by atoms with van der Waals surface area (Å²) in [5.41, 5.74) is 0.979. The van der Waals surface area contributed by atoms with E-state index in [0.29, 0.717) is 13.0 Å². The van der Waals surface area contributed by atoms with E-state index in [1.54, 1.807) is 12.1 Å². The summed E-state index contributed by atoms with van der Waals surface area (Å²) in [5, 5.41) is 0. The molecule has 0 saturated carbocycles. The minimum absolute atomic E-state index is 0.0644. The first-order chi connectivity index (χ1) is 9.47. The van der Waals surface area contributed by atoms with Crippen molar-refractivity contribution in [3.8, 4) is 0 Å². The molecule has 0 radical (unpaired) electrons. The molecule has 2 unspecified atom stereocenters. The molecule has 1 fully saturated rings. The Hall–Kier alpha value is -1.14. The number of hydrogen-bond acceptors (Lipinski definition) is 3. The van der Waals surface area contributed by atoms with Gasteiger partial charge in [0.15, 0.2) is 0 Å². The highest BCUT2D eigenvalue weighted by atomic mass is 32.2. The number of halogens is 1. The number of rotatable bonds is 3. The van der Waals surface area contributed by atoms with E-state index in [1.807, 2.05) is 6.92 Å². The van der Waals surface area contributed by atoms with Crippen LogP contribution in [0.5, 0.6) is 0 Å². The van der Waals surface area contributed by atoms with Gasteiger partial charge in [0.25, 0.3) is 0 Å². The van der Waals surface area contributed by atoms with E-state index in [-0.39, 0.29) is 23.6 Å². The second-order valence-corrected chi connectivity index (χ2v) is 7.43. The van der Waals surface area contributed by atoms with Crippen molar-refractivity contribution >= 4 is 15.7 Å². The number of hydrogen-bond donors (Lipinski definition) is 0. The predicted molar refractivity (Wildman–Crippen MR) is 74.8 cm³/mol. The number of ether oxygens (including phenoxy) is 1. The van der Waals surface area contributed by atoms with Gasteiger partial charge in [-0.1, -0.05) is 12.1 Å². The average molecular weight is 299 g/mol. The SMILES string of the molecule is CC1CCC(CS(=O)(=O)N2CCc3cccc(F)c32)O1. The standard InChI is InChI=1S/C14H18FNO3S/c1-10-5-6-12(19-10)9-20(17,18)16-8-7-11-3-2-4-13(15)14(11)16/h2-4,10,12H,5-9H2,1H3. The molecule has 3 rings (SSSR count). The maximum absolute atomic E-state index is 13.9. The lowest BCUT2D eigenvalue weighted by Gasteiger charge is -2.22. The van der Waals surface area contributed by atoms with Gasteiger partial charge in [0.2, 0.25) is 10.0 Å². The minimum atomic E-state index is -3.53. The van der Waals surface area contributed by atoms with Gasteiger partial charge in [-0.2, -0.15) is 0 Å². The molecular weight excluding hydrogens is 281 g/mol. The van der Waals surface area contributed by atoms with Gasteiger partial charge < -0.3 is 4.74 Å². The van der Waals surface area contributed by atoms with Gasteiger partial charge in [0, 0.05) is 6.54 Å². The Labute approximate surface area is 118 Å². The summed E-state index contributed by atoms with van der Waals surface area (Å²) in [6.07, 6.45) is 2.03. The van der Waals surface area contributed by atoms with Crippen LogP contribution in [0.2, 0.25) is 0 Å². The van der Waals surface area contributed by atoms with Crippen LogP contribution in [0.3, 0.4) is 0 Å². The summed E-state index contributed by atoms with van der Waals surface area (Å²) in [6, 6.07) is 4.70. The molecule has 0 aromatic heterocycles. The number of nitrogens with zero attached hydrogens (tertiary/aromatic N) is 1. The molecule has 1 aromatic carbocycles. The fraction of sp³-hybridized carbons (Fsp3) is 0.571. The Morgan fingerprint density at radius 3 is 2.90 bits per heavy atom. The molecule has 1 aromatic rings. The van der Waals surface area contributed by atoms with Crippen molar-refractivity contribution in [2.75, 3.05) is 16.6 Å². The molecule has 6 heteroatoms. The van der Waals surface area contributed by atoms with Crippen LogP contribution < -0.4 is 4.31 Å². The van der Waals surface area contributed by atoms with Gasteiger partial charge in [-0.3, -0.25) is 4.31 Å². The Balaban J connectivity index is 1.84. The van der Waals surface area contributed by atoms with Gasteiger partial charge in [0.1, 0.15) is 5.82 Å². The number of benzene rings is 1. The maximum Gasteiger partial charge on any atom is 0.237 e. The predicted octanol–water partition coefficient (Wildman–Crippen LogP) is 2.09. The van der Waals surface area contributed by atoms with Crippen LogP contribution in [0.4, 0.5) is 10.1 Å². The monoisotopic (exact) mass is 299 g/mol. The van der Waals surface area contributed by atoms with E-state index >= 15 is 0 Å². The normalized spacial score (nSPS) is 26.0. The van der Waals surface area contributed by atoms with Crippen molar-refractivity contribution < 1.29 is 17.5 Å². The first-order valence-corrected chi connectivity index (χ1v) is 8.51. The fourth-order valence-corrected chi connectivity index (χ4v) is 4.73. The van der Waals surface area contributed by atoms with E-state index in [2.05, 4.69) is 0 Å². The number of para-hydroxylation sites is 1. The Morgan fingerprint density at radius 1 is 1.40 bits per heavy atom. The molecule has 1 saturated heterocycles. The molecule has 4 nitrogen and oxygen atoms in total. The lowest BCUT2D eigenvalue weighted by atomic mass is 10.2. The smallest absolute Gasteiger partial charge is 0.237 e. The zero-order valence-electron chi connectivity index (χ0n) is 11.4. The number of sulfonamides is 1. The van der Waals surface area contributed by atoms with Gasteiger partial charge >= 0.3 is 0 Å². The highest BCUT2D eigenvalue weighted by Gasteiger charge is 2.35. The minimum Gasteiger partial charge on any atom is -0.374 e. The molecule has 0 N–H and O–H groups in total. The second-order valence-electron chi connectivity index (χ2n) is 5.49. The summed E-state index contributed by atoms with van der Waals surface area (Å²) in [5.74, 6) is -0.533. The Bertz CT molecular complexity index is 617. The third-order valence-electron chi connectivity index (χ3n) is 3.96. The van der Waals surface area contributed by atoms with Crippen molar-refractivity contribution in [3.63, 3.8) is 0 Å². The summed E-state index contributed by atoms with van der Waals surface area (Å²) in [6.45, 7) is 2.26. The Morgan fingerprint density at radius 2 is 2.20 bits per heavy atom. The third kappa shape index (κ3) is 2.42. The summed E-state index contributed by atoms with van der Waals surface area (Å²) >= 11 is 0. The molecule has 20 heavy (non-hydrogen) atoms. The van der Waals surface area contributed by atoms with Crippen LogP contribution in [-0.4, -0.2) is 32.9 Å². The molecule has 2 heterocycles. The molecule has 0 aliphatic carbocycles. The first kappa shape index (κ1) is 13.8. The summed E-state index contributed by atoms with van der Waals surface area (Å²) < 4.78 is 45.7. The van der Waals surface area contributed by atoms with Gasteiger partial charge in [0.05, 0.1) is 23.6 Å². The van der Waals surface area contributed by atoms with E-state index in [0.717, 1.165) is 18.4 Å². The van der Waals surface area contributed by atoms with Crippen molar-refractivity contribution in [1.82, 2.24) is 0 Å². The van der Waals surface area contributed by atoms with Crippen molar-refractivity contribution in [2.24, 2.45) is 0 Å². The zero-order valence-corrected chi connectivity index (χ0v) is 12.2. The topological polar surface area (TPSA) is 46.6 Å². The lowest BCUT2D eigenvalue weighted by molar-refractivity contribution is 0.0690. The largest absolute Gasteiger partial charge is 0.374 e. The van der Waals surface area contributed by atoms with Crippen LogP contribution in [-0.2, 0) is 21.2 Å². The summed E-state index contributed by atoms with van der Waals surface area (Å²) in [4.78, 5) is 0. The van der Waals surface area contributed by atoms with Crippen molar-refractivity contribution in [2.45, 2.75) is 38.4 Å². The van der Waals surface area contributed by atoms with E-state index in [9.17, 15) is 12.8 Å². The second kappa shape index (κ2) is 5.00. The van der Waals surface area contributed by atoms with Crippen LogP contribution in [0.25, 0.3) is 0 Å². The fourth-order valence-electron chi connectivity index (χ4n) is 2.99. The van der Waals surface area contributed by atoms with Gasteiger partial charge in [-0.05, 0) is 37.8 Å². The molecular formula is C14H18FNO3S. The van der Waals surface area contributed by atoms with Gasteiger partial charge in [-0.25, -0.2) is 12.8 Å². The molecule has 2 aliphatic heterocycles. The van der Waals surface area contributed by atoms with Crippen molar-refractivity contribution in [1.29, 1.82) is 0 Å². The third-order valence-corrected chi connectivity index (χ3v) is 5.79. The van der Waals surface area contributed by atoms with E-state index in [1.165, 1.54) is 10.4 Å². The molecule has 2 aliphatic rings. The maximum atomic E-state index is 13.9. The van der Waals surface area contributed by atoms with E-state index in [4.69, 9.17) is 4.74 Å². The molecule has 2 atom stereocenters. The summed E-state index contributed by atoms with van der Waals surface area (Å²) in [7, 11) is -3.53.